The number of carbonyl (C=O) groups excluding carboxylic acids is 1. The zero-order valence-corrected chi connectivity index (χ0v) is 9.11. The number of hydrazine groups is 1. The minimum atomic E-state index is 0.238. The third-order valence-corrected chi connectivity index (χ3v) is 3.71. The fourth-order valence-corrected chi connectivity index (χ4v) is 2.76. The van der Waals surface area contributed by atoms with E-state index in [9.17, 15) is 4.79 Å². The van der Waals surface area contributed by atoms with Crippen LogP contribution in [0.4, 0.5) is 0 Å². The molecule has 2 fully saturated rings. The van der Waals surface area contributed by atoms with Gasteiger partial charge in [-0.1, -0.05) is 0 Å². The summed E-state index contributed by atoms with van der Waals surface area (Å²) in [6.45, 7) is 2.85. The summed E-state index contributed by atoms with van der Waals surface area (Å²) < 4.78 is 0. The highest BCUT2D eigenvalue weighted by molar-refractivity contribution is 7.99. The van der Waals surface area contributed by atoms with Crippen LogP contribution in [-0.2, 0) is 4.79 Å². The van der Waals surface area contributed by atoms with Crippen LogP contribution in [0.3, 0.4) is 0 Å². The van der Waals surface area contributed by atoms with E-state index in [-0.39, 0.29) is 5.91 Å². The zero-order chi connectivity index (χ0) is 9.80. The summed E-state index contributed by atoms with van der Waals surface area (Å²) in [6, 6.07) is 0.378. The van der Waals surface area contributed by atoms with E-state index in [4.69, 9.17) is 0 Å². The molecule has 0 bridgehead atoms. The standard InChI is InChI=1S/C9H17N3OS/c13-9(12-4-1-2-11-12)6-8-7-14-5-3-10-8/h8,10-11H,1-7H2. The molecule has 0 radical (unpaired) electrons. The van der Waals surface area contributed by atoms with Gasteiger partial charge in [0.05, 0.1) is 0 Å². The van der Waals surface area contributed by atoms with Gasteiger partial charge in [-0.05, 0) is 6.42 Å². The maximum Gasteiger partial charge on any atom is 0.238 e. The number of amides is 1. The molecular weight excluding hydrogens is 198 g/mol. The molecule has 80 valence electrons. The van der Waals surface area contributed by atoms with E-state index in [2.05, 4.69) is 10.7 Å². The number of nitrogens with zero attached hydrogens (tertiary/aromatic N) is 1. The highest BCUT2D eigenvalue weighted by atomic mass is 32.2. The second-order valence-corrected chi connectivity index (χ2v) is 4.89. The Balaban J connectivity index is 1.75. The third-order valence-electron chi connectivity index (χ3n) is 2.58. The Morgan fingerprint density at radius 2 is 2.43 bits per heavy atom. The lowest BCUT2D eigenvalue weighted by Crippen LogP contribution is -2.44. The molecular formula is C9H17N3OS. The lowest BCUT2D eigenvalue weighted by molar-refractivity contribution is -0.133. The van der Waals surface area contributed by atoms with Gasteiger partial charge in [0, 0.05) is 43.6 Å². The SMILES string of the molecule is O=C(CC1CSCCN1)N1CCCN1. The molecule has 5 heteroatoms. The van der Waals surface area contributed by atoms with Crippen LogP contribution in [-0.4, -0.2) is 48.1 Å². The van der Waals surface area contributed by atoms with Crippen molar-refractivity contribution in [3.63, 3.8) is 0 Å². The molecule has 0 aromatic heterocycles. The summed E-state index contributed by atoms with van der Waals surface area (Å²) in [5.74, 6) is 2.48. The average molecular weight is 215 g/mol. The molecule has 2 aliphatic heterocycles. The molecule has 0 aromatic carbocycles. The highest BCUT2D eigenvalue weighted by Crippen LogP contribution is 2.11. The summed E-state index contributed by atoms with van der Waals surface area (Å²) in [4.78, 5) is 11.7. The maximum atomic E-state index is 11.7. The first-order valence-corrected chi connectivity index (χ1v) is 6.37. The van der Waals surface area contributed by atoms with Crippen molar-refractivity contribution in [2.24, 2.45) is 0 Å². The van der Waals surface area contributed by atoms with Crippen molar-refractivity contribution < 1.29 is 4.79 Å². The lowest BCUT2D eigenvalue weighted by atomic mass is 10.2. The summed E-state index contributed by atoms with van der Waals surface area (Å²) in [5, 5.41) is 5.14. The molecule has 14 heavy (non-hydrogen) atoms. The van der Waals surface area contributed by atoms with Gasteiger partial charge < -0.3 is 5.32 Å². The Hall–Kier alpha value is -0.260. The van der Waals surface area contributed by atoms with Gasteiger partial charge in [0.15, 0.2) is 0 Å². The predicted molar refractivity (Wildman–Crippen MR) is 58.1 cm³/mol. The topological polar surface area (TPSA) is 44.4 Å². The number of carbonyl (C=O) groups is 1. The molecule has 2 rings (SSSR count). The van der Waals surface area contributed by atoms with Crippen molar-refractivity contribution in [3.05, 3.63) is 0 Å². The molecule has 1 unspecified atom stereocenters. The van der Waals surface area contributed by atoms with Gasteiger partial charge in [-0.3, -0.25) is 9.80 Å². The minimum Gasteiger partial charge on any atom is -0.312 e. The van der Waals surface area contributed by atoms with E-state index in [0.717, 1.165) is 31.8 Å². The van der Waals surface area contributed by atoms with E-state index < -0.39 is 0 Å². The summed E-state index contributed by atoms with van der Waals surface area (Å²) >= 11 is 1.93. The fraction of sp³-hybridized carbons (Fsp3) is 0.889. The molecule has 0 saturated carbocycles. The highest BCUT2D eigenvalue weighted by Gasteiger charge is 2.22. The molecule has 1 amide bonds. The van der Waals surface area contributed by atoms with E-state index in [1.807, 2.05) is 11.8 Å². The Morgan fingerprint density at radius 3 is 3.07 bits per heavy atom. The Kier molecular flexibility index (Phi) is 3.67. The number of rotatable bonds is 2. The Labute approximate surface area is 88.8 Å². The predicted octanol–water partition coefficient (Wildman–Crippen LogP) is -0.182. The van der Waals surface area contributed by atoms with Crippen molar-refractivity contribution >= 4 is 17.7 Å². The molecule has 2 N–H and O–H groups in total. The normalized spacial score (nSPS) is 28.0. The Bertz CT molecular complexity index is 200. The van der Waals surface area contributed by atoms with Crippen LogP contribution < -0.4 is 10.7 Å². The van der Waals surface area contributed by atoms with Gasteiger partial charge in [-0.2, -0.15) is 11.8 Å². The number of hydrogen-bond acceptors (Lipinski definition) is 4. The summed E-state index contributed by atoms with van der Waals surface area (Å²) in [6.07, 6.45) is 1.72. The molecule has 4 nitrogen and oxygen atoms in total. The van der Waals surface area contributed by atoms with Crippen LogP contribution in [0.5, 0.6) is 0 Å². The van der Waals surface area contributed by atoms with Crippen LogP contribution in [0.1, 0.15) is 12.8 Å². The largest absolute Gasteiger partial charge is 0.312 e. The smallest absolute Gasteiger partial charge is 0.238 e. The quantitative estimate of drug-likeness (QED) is 0.670. The van der Waals surface area contributed by atoms with Crippen molar-refractivity contribution in [2.75, 3.05) is 31.1 Å². The summed E-state index contributed by atoms with van der Waals surface area (Å²) in [7, 11) is 0. The first-order chi connectivity index (χ1) is 6.86. The third kappa shape index (κ3) is 2.62. The van der Waals surface area contributed by atoms with Crippen LogP contribution in [0, 0.1) is 0 Å². The van der Waals surface area contributed by atoms with Gasteiger partial charge in [-0.15, -0.1) is 0 Å². The average Bonchev–Trinajstić information content (AvgIpc) is 2.72. The fourth-order valence-electron chi connectivity index (χ4n) is 1.81. The van der Waals surface area contributed by atoms with Gasteiger partial charge in [0.1, 0.15) is 0 Å². The summed E-state index contributed by atoms with van der Waals surface area (Å²) in [5.41, 5.74) is 3.10. The van der Waals surface area contributed by atoms with E-state index in [0.29, 0.717) is 12.5 Å². The van der Waals surface area contributed by atoms with Crippen molar-refractivity contribution in [2.45, 2.75) is 18.9 Å². The van der Waals surface area contributed by atoms with Crippen LogP contribution in [0.2, 0.25) is 0 Å². The van der Waals surface area contributed by atoms with Crippen molar-refractivity contribution in [1.29, 1.82) is 0 Å². The number of thioether (sulfide) groups is 1. The van der Waals surface area contributed by atoms with Gasteiger partial charge in [0.25, 0.3) is 0 Å². The molecule has 2 saturated heterocycles. The first-order valence-electron chi connectivity index (χ1n) is 5.21. The molecule has 0 aromatic rings. The van der Waals surface area contributed by atoms with Crippen LogP contribution in [0.15, 0.2) is 0 Å². The van der Waals surface area contributed by atoms with Crippen molar-refractivity contribution in [1.82, 2.24) is 15.8 Å². The van der Waals surface area contributed by atoms with E-state index in [1.54, 1.807) is 5.01 Å². The van der Waals surface area contributed by atoms with E-state index in [1.165, 1.54) is 5.75 Å². The van der Waals surface area contributed by atoms with Crippen LogP contribution in [0.25, 0.3) is 0 Å². The first kappa shape index (κ1) is 10.3. The second kappa shape index (κ2) is 5.00. The second-order valence-electron chi connectivity index (χ2n) is 3.74. The van der Waals surface area contributed by atoms with Crippen LogP contribution >= 0.6 is 11.8 Å². The van der Waals surface area contributed by atoms with Gasteiger partial charge in [0.2, 0.25) is 5.91 Å². The van der Waals surface area contributed by atoms with Crippen molar-refractivity contribution in [3.8, 4) is 0 Å². The molecule has 0 spiro atoms. The van der Waals surface area contributed by atoms with E-state index >= 15 is 0 Å². The van der Waals surface area contributed by atoms with Gasteiger partial charge in [-0.25, -0.2) is 5.43 Å². The molecule has 2 aliphatic rings. The zero-order valence-electron chi connectivity index (χ0n) is 8.29. The van der Waals surface area contributed by atoms with Gasteiger partial charge >= 0.3 is 0 Å². The molecule has 0 aliphatic carbocycles. The monoisotopic (exact) mass is 215 g/mol. The number of hydrogen-bond donors (Lipinski definition) is 2. The minimum absolute atomic E-state index is 0.238. The lowest BCUT2D eigenvalue weighted by Gasteiger charge is -2.24. The Morgan fingerprint density at radius 1 is 1.50 bits per heavy atom. The number of nitrogens with one attached hydrogen (secondary N) is 2. The molecule has 1 atom stereocenters. The maximum absolute atomic E-state index is 11.7. The molecule has 2 heterocycles.